The molecular weight excluding hydrogens is 274 g/mol. The highest BCUT2D eigenvalue weighted by Gasteiger charge is 2.06. The summed E-state index contributed by atoms with van der Waals surface area (Å²) in [7, 11) is 1.64. The highest BCUT2D eigenvalue weighted by atomic mass is 16.5. The molecule has 0 saturated heterocycles. The van der Waals surface area contributed by atoms with Crippen LogP contribution in [-0.2, 0) is 13.2 Å². The number of hydrogen-bond donors (Lipinski definition) is 1. The molecule has 0 radical (unpaired) electrons. The number of fused-ring (bicyclic) bond motifs is 1. The fourth-order valence-corrected chi connectivity index (χ4v) is 2.54. The van der Waals surface area contributed by atoms with Crippen molar-refractivity contribution in [1.82, 2.24) is 0 Å². The van der Waals surface area contributed by atoms with Crippen LogP contribution in [0.15, 0.2) is 60.7 Å². The topological polar surface area (TPSA) is 44.5 Å². The Bertz CT molecular complexity index is 778. The van der Waals surface area contributed by atoms with Gasteiger partial charge in [0, 0.05) is 18.2 Å². The van der Waals surface area contributed by atoms with Crippen LogP contribution in [0.5, 0.6) is 11.5 Å². The first-order valence-electron chi connectivity index (χ1n) is 7.28. The number of ether oxygens (including phenoxy) is 2. The second kappa shape index (κ2) is 6.50. The third-order valence-corrected chi connectivity index (χ3v) is 3.76. The maximum absolute atomic E-state index is 6.00. The van der Waals surface area contributed by atoms with Gasteiger partial charge in [0.05, 0.1) is 7.11 Å². The largest absolute Gasteiger partial charge is 0.497 e. The number of hydrogen-bond acceptors (Lipinski definition) is 3. The second-order valence-corrected chi connectivity index (χ2v) is 5.10. The molecule has 0 saturated carbocycles. The zero-order valence-corrected chi connectivity index (χ0v) is 12.6. The first-order chi connectivity index (χ1) is 10.8. The van der Waals surface area contributed by atoms with Gasteiger partial charge < -0.3 is 15.2 Å². The van der Waals surface area contributed by atoms with Crippen molar-refractivity contribution in [1.29, 1.82) is 0 Å². The van der Waals surface area contributed by atoms with Crippen molar-refractivity contribution in [3.8, 4) is 11.5 Å². The van der Waals surface area contributed by atoms with E-state index in [1.165, 1.54) is 10.8 Å². The van der Waals surface area contributed by atoms with Gasteiger partial charge in [0.1, 0.15) is 18.1 Å². The van der Waals surface area contributed by atoms with E-state index in [-0.39, 0.29) is 0 Å². The SMILES string of the molecule is COc1ccc(CN)c(OCc2cccc3ccccc23)c1. The van der Waals surface area contributed by atoms with Crippen molar-refractivity contribution in [2.75, 3.05) is 7.11 Å². The van der Waals surface area contributed by atoms with Gasteiger partial charge in [0.15, 0.2) is 0 Å². The molecule has 0 aliphatic heterocycles. The Morgan fingerprint density at radius 1 is 0.909 bits per heavy atom. The summed E-state index contributed by atoms with van der Waals surface area (Å²) < 4.78 is 11.3. The number of nitrogens with two attached hydrogens (primary N) is 1. The molecule has 0 aliphatic carbocycles. The lowest BCUT2D eigenvalue weighted by atomic mass is 10.1. The van der Waals surface area contributed by atoms with Gasteiger partial charge >= 0.3 is 0 Å². The Morgan fingerprint density at radius 3 is 2.55 bits per heavy atom. The van der Waals surface area contributed by atoms with Crippen molar-refractivity contribution < 1.29 is 9.47 Å². The maximum Gasteiger partial charge on any atom is 0.127 e. The van der Waals surface area contributed by atoms with Gasteiger partial charge in [-0.05, 0) is 22.4 Å². The number of rotatable bonds is 5. The minimum absolute atomic E-state index is 0.439. The molecule has 0 aromatic heterocycles. The lowest BCUT2D eigenvalue weighted by Crippen LogP contribution is -2.03. The van der Waals surface area contributed by atoms with Crippen LogP contribution in [0.2, 0.25) is 0 Å². The van der Waals surface area contributed by atoms with Gasteiger partial charge in [0.25, 0.3) is 0 Å². The molecule has 112 valence electrons. The van der Waals surface area contributed by atoms with Gasteiger partial charge in [-0.25, -0.2) is 0 Å². The first-order valence-corrected chi connectivity index (χ1v) is 7.28. The van der Waals surface area contributed by atoms with E-state index in [0.717, 1.165) is 22.6 Å². The van der Waals surface area contributed by atoms with Crippen LogP contribution < -0.4 is 15.2 Å². The van der Waals surface area contributed by atoms with Gasteiger partial charge in [0.2, 0.25) is 0 Å². The molecule has 0 aliphatic rings. The molecule has 3 nitrogen and oxygen atoms in total. The quantitative estimate of drug-likeness (QED) is 0.776. The summed E-state index contributed by atoms with van der Waals surface area (Å²) in [5.41, 5.74) is 7.91. The van der Waals surface area contributed by atoms with Crippen molar-refractivity contribution in [3.05, 3.63) is 71.8 Å². The van der Waals surface area contributed by atoms with E-state index in [0.29, 0.717) is 13.2 Å². The average molecular weight is 293 g/mol. The normalized spacial score (nSPS) is 10.6. The summed E-state index contributed by atoms with van der Waals surface area (Å²) in [5, 5.41) is 2.43. The Kier molecular flexibility index (Phi) is 4.26. The number of benzene rings is 3. The van der Waals surface area contributed by atoms with E-state index in [1.807, 2.05) is 30.3 Å². The minimum atomic E-state index is 0.439. The molecule has 2 N–H and O–H groups in total. The van der Waals surface area contributed by atoms with Crippen LogP contribution in [0, 0.1) is 0 Å². The van der Waals surface area contributed by atoms with E-state index in [9.17, 15) is 0 Å². The van der Waals surface area contributed by atoms with E-state index in [2.05, 4.69) is 30.3 Å². The van der Waals surface area contributed by atoms with Gasteiger partial charge in [-0.3, -0.25) is 0 Å². The zero-order valence-electron chi connectivity index (χ0n) is 12.6. The second-order valence-electron chi connectivity index (χ2n) is 5.10. The highest BCUT2D eigenvalue weighted by Crippen LogP contribution is 2.26. The number of methoxy groups -OCH3 is 1. The van der Waals surface area contributed by atoms with Crippen molar-refractivity contribution in [2.24, 2.45) is 5.73 Å². The fourth-order valence-electron chi connectivity index (χ4n) is 2.54. The molecule has 3 rings (SSSR count). The molecule has 3 heteroatoms. The van der Waals surface area contributed by atoms with E-state index >= 15 is 0 Å². The van der Waals surface area contributed by atoms with E-state index in [4.69, 9.17) is 15.2 Å². The summed E-state index contributed by atoms with van der Waals surface area (Å²) in [5.74, 6) is 1.54. The third kappa shape index (κ3) is 2.90. The molecule has 0 heterocycles. The van der Waals surface area contributed by atoms with Gasteiger partial charge in [-0.1, -0.05) is 48.5 Å². The average Bonchev–Trinajstić information content (AvgIpc) is 2.59. The smallest absolute Gasteiger partial charge is 0.127 e. The van der Waals surface area contributed by atoms with Crippen molar-refractivity contribution in [3.63, 3.8) is 0 Å². The predicted octanol–water partition coefficient (Wildman–Crippen LogP) is 3.89. The summed E-state index contributed by atoms with van der Waals surface area (Å²) in [6.07, 6.45) is 0. The first kappa shape index (κ1) is 14.4. The Balaban J connectivity index is 1.88. The van der Waals surface area contributed by atoms with Gasteiger partial charge in [-0.15, -0.1) is 0 Å². The third-order valence-electron chi connectivity index (χ3n) is 3.76. The summed E-state index contributed by atoms with van der Waals surface area (Å²) in [4.78, 5) is 0. The Labute approximate surface area is 130 Å². The molecule has 0 unspecified atom stereocenters. The molecule has 22 heavy (non-hydrogen) atoms. The fraction of sp³-hybridized carbons (Fsp3) is 0.158. The van der Waals surface area contributed by atoms with Crippen LogP contribution in [0.3, 0.4) is 0 Å². The van der Waals surface area contributed by atoms with Gasteiger partial charge in [-0.2, -0.15) is 0 Å². The summed E-state index contributed by atoms with van der Waals surface area (Å²) in [6.45, 7) is 0.941. The molecule has 0 atom stereocenters. The van der Waals surface area contributed by atoms with Crippen molar-refractivity contribution >= 4 is 10.8 Å². The minimum Gasteiger partial charge on any atom is -0.497 e. The monoisotopic (exact) mass is 293 g/mol. The lowest BCUT2D eigenvalue weighted by molar-refractivity contribution is 0.302. The lowest BCUT2D eigenvalue weighted by Gasteiger charge is -2.13. The van der Waals surface area contributed by atoms with Crippen LogP contribution in [0.25, 0.3) is 10.8 Å². The molecule has 0 fully saturated rings. The highest BCUT2D eigenvalue weighted by molar-refractivity contribution is 5.85. The molecule has 3 aromatic rings. The standard InChI is InChI=1S/C19H19NO2/c1-21-17-10-9-15(12-20)19(11-17)22-13-16-7-4-6-14-5-2-3-8-18(14)16/h2-11H,12-13,20H2,1H3. The van der Waals surface area contributed by atoms with Crippen LogP contribution >= 0.6 is 0 Å². The molecule has 0 spiro atoms. The van der Waals surface area contributed by atoms with E-state index < -0.39 is 0 Å². The zero-order chi connectivity index (χ0) is 15.4. The Hall–Kier alpha value is -2.52. The molecule has 3 aromatic carbocycles. The summed E-state index contributed by atoms with van der Waals surface area (Å²) in [6, 6.07) is 20.3. The van der Waals surface area contributed by atoms with Crippen LogP contribution in [-0.4, -0.2) is 7.11 Å². The van der Waals surface area contributed by atoms with Crippen LogP contribution in [0.4, 0.5) is 0 Å². The van der Waals surface area contributed by atoms with Crippen molar-refractivity contribution in [2.45, 2.75) is 13.2 Å². The predicted molar refractivity (Wildman–Crippen MR) is 89.2 cm³/mol. The Morgan fingerprint density at radius 2 is 1.73 bits per heavy atom. The van der Waals surface area contributed by atoms with Crippen LogP contribution in [0.1, 0.15) is 11.1 Å². The summed E-state index contributed by atoms with van der Waals surface area (Å²) >= 11 is 0. The molecular formula is C19H19NO2. The maximum atomic E-state index is 6.00. The molecule has 0 amide bonds. The van der Waals surface area contributed by atoms with E-state index in [1.54, 1.807) is 7.11 Å². The molecule has 0 bridgehead atoms.